The Labute approximate surface area is 179 Å². The summed E-state index contributed by atoms with van der Waals surface area (Å²) in [5, 5.41) is 3.27. The molecule has 1 fully saturated rings. The smallest absolute Gasteiger partial charge is 0.255 e. The third-order valence-corrected chi connectivity index (χ3v) is 5.28. The maximum atomic E-state index is 12.9. The molecule has 1 saturated heterocycles. The van der Waals surface area contributed by atoms with Crippen molar-refractivity contribution in [2.75, 3.05) is 18.4 Å². The van der Waals surface area contributed by atoms with E-state index in [1.54, 1.807) is 18.2 Å². The highest BCUT2D eigenvalue weighted by atomic mass is 35.5. The molecule has 0 atom stereocenters. The third-order valence-electron chi connectivity index (χ3n) is 5.04. The Bertz CT molecular complexity index is 1040. The van der Waals surface area contributed by atoms with Crippen molar-refractivity contribution in [1.29, 1.82) is 0 Å². The lowest BCUT2D eigenvalue weighted by Gasteiger charge is -2.27. The summed E-state index contributed by atoms with van der Waals surface area (Å²) in [5.74, 6) is 0.0782. The summed E-state index contributed by atoms with van der Waals surface area (Å²) in [7, 11) is 0. The first-order valence-electron chi connectivity index (χ1n) is 9.98. The summed E-state index contributed by atoms with van der Waals surface area (Å²) in [4.78, 5) is 31.8. The lowest BCUT2D eigenvalue weighted by molar-refractivity contribution is -0.115. The van der Waals surface area contributed by atoms with Gasteiger partial charge in [0.1, 0.15) is 6.26 Å². The zero-order chi connectivity index (χ0) is 20.9. The van der Waals surface area contributed by atoms with Gasteiger partial charge in [-0.05, 0) is 49.6 Å². The molecule has 0 radical (unpaired) electrons. The molecule has 7 heteroatoms. The summed E-state index contributed by atoms with van der Waals surface area (Å²) in [6, 6.07) is 14.4. The Morgan fingerprint density at radius 2 is 1.83 bits per heavy atom. The predicted molar refractivity (Wildman–Crippen MR) is 115 cm³/mol. The van der Waals surface area contributed by atoms with Gasteiger partial charge in [-0.15, -0.1) is 0 Å². The van der Waals surface area contributed by atoms with Gasteiger partial charge in [0.25, 0.3) is 5.91 Å². The van der Waals surface area contributed by atoms with E-state index in [0.29, 0.717) is 27.9 Å². The van der Waals surface area contributed by atoms with Crippen LogP contribution >= 0.6 is 11.6 Å². The molecule has 30 heavy (non-hydrogen) atoms. The van der Waals surface area contributed by atoms with Crippen molar-refractivity contribution < 1.29 is 14.0 Å². The van der Waals surface area contributed by atoms with Crippen molar-refractivity contribution in [1.82, 2.24) is 9.88 Å². The molecule has 6 nitrogen and oxygen atoms in total. The first-order valence-corrected chi connectivity index (χ1v) is 10.4. The zero-order valence-electron chi connectivity index (χ0n) is 16.4. The number of halogens is 1. The molecule has 0 unspecified atom stereocenters. The second-order valence-corrected chi connectivity index (χ2v) is 7.71. The molecule has 0 saturated carbocycles. The predicted octanol–water partition coefficient (Wildman–Crippen LogP) is 4.80. The molecule has 4 rings (SSSR count). The van der Waals surface area contributed by atoms with Gasteiger partial charge in [-0.3, -0.25) is 9.59 Å². The maximum absolute atomic E-state index is 12.9. The number of amides is 2. The minimum absolute atomic E-state index is 0.0280. The van der Waals surface area contributed by atoms with E-state index in [1.165, 1.54) is 6.26 Å². The number of rotatable bonds is 5. The molecule has 2 amide bonds. The summed E-state index contributed by atoms with van der Waals surface area (Å²) >= 11 is 6.12. The van der Waals surface area contributed by atoms with Crippen LogP contribution in [0.3, 0.4) is 0 Å². The van der Waals surface area contributed by atoms with E-state index in [2.05, 4.69) is 10.3 Å². The number of aromatic nitrogens is 1. The lowest BCUT2D eigenvalue weighted by Crippen LogP contribution is -2.36. The fourth-order valence-corrected chi connectivity index (χ4v) is 3.71. The average molecular weight is 424 g/mol. The molecule has 0 aliphatic carbocycles. The Balaban J connectivity index is 1.47. The number of piperidine rings is 1. The number of nitrogens with one attached hydrogen (secondary N) is 1. The number of hydrogen-bond donors (Lipinski definition) is 1. The van der Waals surface area contributed by atoms with Crippen LogP contribution in [-0.4, -0.2) is 34.8 Å². The average Bonchev–Trinajstić information content (AvgIpc) is 3.23. The Morgan fingerprint density at radius 3 is 2.60 bits per heavy atom. The number of anilines is 1. The molecule has 2 heterocycles. The number of carbonyl (C=O) groups excluding carboxylic acids is 2. The SMILES string of the molecule is O=C(Cc1coc(-c2ccccc2)n1)Nc1cc(Cl)ccc1C(=O)N1CCCCC1. The second kappa shape index (κ2) is 9.13. The highest BCUT2D eigenvalue weighted by Crippen LogP contribution is 2.25. The quantitative estimate of drug-likeness (QED) is 0.639. The minimum atomic E-state index is -0.294. The van der Waals surface area contributed by atoms with Gasteiger partial charge >= 0.3 is 0 Å². The monoisotopic (exact) mass is 423 g/mol. The first-order chi connectivity index (χ1) is 14.6. The van der Waals surface area contributed by atoms with Crippen LogP contribution < -0.4 is 5.32 Å². The van der Waals surface area contributed by atoms with Crippen molar-refractivity contribution >= 4 is 29.1 Å². The van der Waals surface area contributed by atoms with Crippen LogP contribution in [0.1, 0.15) is 35.3 Å². The van der Waals surface area contributed by atoms with E-state index in [1.807, 2.05) is 35.2 Å². The standard InChI is InChI=1S/C23H22ClN3O3/c24-17-9-10-19(23(29)27-11-5-2-6-12-27)20(13-17)26-21(28)14-18-15-30-22(25-18)16-7-3-1-4-8-16/h1,3-4,7-10,13,15H,2,5-6,11-12,14H2,(H,26,28). The number of benzene rings is 2. The molecule has 1 aliphatic rings. The van der Waals surface area contributed by atoms with E-state index in [9.17, 15) is 9.59 Å². The van der Waals surface area contributed by atoms with Crippen LogP contribution in [0.2, 0.25) is 5.02 Å². The number of hydrogen-bond acceptors (Lipinski definition) is 4. The van der Waals surface area contributed by atoms with E-state index in [0.717, 1.165) is 37.9 Å². The van der Waals surface area contributed by atoms with E-state index in [4.69, 9.17) is 16.0 Å². The summed E-state index contributed by atoms with van der Waals surface area (Å²) in [6.07, 6.45) is 4.63. The highest BCUT2D eigenvalue weighted by molar-refractivity contribution is 6.31. The van der Waals surface area contributed by atoms with Gasteiger partial charge in [0.2, 0.25) is 11.8 Å². The van der Waals surface area contributed by atoms with Crippen molar-refractivity contribution in [2.24, 2.45) is 0 Å². The molecule has 1 aromatic heterocycles. The molecule has 2 aromatic carbocycles. The molecule has 1 N–H and O–H groups in total. The van der Waals surface area contributed by atoms with Crippen molar-refractivity contribution in [3.63, 3.8) is 0 Å². The maximum Gasteiger partial charge on any atom is 0.255 e. The normalized spacial score (nSPS) is 13.8. The van der Waals surface area contributed by atoms with Gasteiger partial charge < -0.3 is 14.6 Å². The largest absolute Gasteiger partial charge is 0.444 e. The molecular formula is C23H22ClN3O3. The first kappa shape index (κ1) is 20.2. The van der Waals surface area contributed by atoms with Gasteiger partial charge in [0.05, 0.1) is 23.4 Å². The van der Waals surface area contributed by atoms with Gasteiger partial charge in [-0.25, -0.2) is 4.98 Å². The van der Waals surface area contributed by atoms with Crippen LogP contribution in [0, 0.1) is 0 Å². The molecule has 0 spiro atoms. The van der Waals surface area contributed by atoms with E-state index in [-0.39, 0.29) is 18.2 Å². The molecule has 1 aliphatic heterocycles. The summed E-state index contributed by atoms with van der Waals surface area (Å²) in [5.41, 5.74) is 2.21. The van der Waals surface area contributed by atoms with Crippen LogP contribution in [-0.2, 0) is 11.2 Å². The van der Waals surface area contributed by atoms with E-state index < -0.39 is 0 Å². The molecular weight excluding hydrogens is 402 g/mol. The zero-order valence-corrected chi connectivity index (χ0v) is 17.2. The fraction of sp³-hybridized carbons (Fsp3) is 0.261. The second-order valence-electron chi connectivity index (χ2n) is 7.28. The fourth-order valence-electron chi connectivity index (χ4n) is 3.53. The van der Waals surface area contributed by atoms with Crippen molar-refractivity contribution in [3.8, 4) is 11.5 Å². The Morgan fingerprint density at radius 1 is 1.07 bits per heavy atom. The number of likely N-dealkylation sites (tertiary alicyclic amines) is 1. The lowest BCUT2D eigenvalue weighted by atomic mass is 10.1. The summed E-state index contributed by atoms with van der Waals surface area (Å²) < 4.78 is 5.49. The van der Waals surface area contributed by atoms with Crippen LogP contribution in [0.5, 0.6) is 0 Å². The highest BCUT2D eigenvalue weighted by Gasteiger charge is 2.22. The van der Waals surface area contributed by atoms with Crippen LogP contribution in [0.15, 0.2) is 59.2 Å². The topological polar surface area (TPSA) is 75.4 Å². The molecule has 154 valence electrons. The van der Waals surface area contributed by atoms with Gasteiger partial charge in [-0.1, -0.05) is 29.8 Å². The van der Waals surface area contributed by atoms with Crippen LogP contribution in [0.4, 0.5) is 5.69 Å². The van der Waals surface area contributed by atoms with Gasteiger partial charge in [0, 0.05) is 23.7 Å². The molecule has 0 bridgehead atoms. The Kier molecular flexibility index (Phi) is 6.14. The van der Waals surface area contributed by atoms with Crippen molar-refractivity contribution in [3.05, 3.63) is 71.1 Å². The number of oxazole rings is 1. The Hall–Kier alpha value is -3.12. The number of nitrogens with zero attached hydrogens (tertiary/aromatic N) is 2. The minimum Gasteiger partial charge on any atom is -0.444 e. The molecule has 3 aromatic rings. The van der Waals surface area contributed by atoms with Crippen molar-refractivity contribution in [2.45, 2.75) is 25.7 Å². The van der Waals surface area contributed by atoms with Gasteiger partial charge in [-0.2, -0.15) is 0 Å². The third kappa shape index (κ3) is 4.71. The van der Waals surface area contributed by atoms with E-state index >= 15 is 0 Å². The number of carbonyl (C=O) groups is 2. The summed E-state index contributed by atoms with van der Waals surface area (Å²) in [6.45, 7) is 1.46. The van der Waals surface area contributed by atoms with Crippen LogP contribution in [0.25, 0.3) is 11.5 Å². The van der Waals surface area contributed by atoms with Gasteiger partial charge in [0.15, 0.2) is 0 Å².